The second-order valence-corrected chi connectivity index (χ2v) is 5.43. The molecule has 114 valence electrons. The summed E-state index contributed by atoms with van der Waals surface area (Å²) in [6.07, 6.45) is 3.08. The minimum atomic E-state index is -1.08. The van der Waals surface area contributed by atoms with Gasteiger partial charge in [0, 0.05) is 25.9 Å². The summed E-state index contributed by atoms with van der Waals surface area (Å²) in [5.74, 6) is -1.18. The van der Waals surface area contributed by atoms with Gasteiger partial charge in [0.2, 0.25) is 11.8 Å². The zero-order valence-corrected chi connectivity index (χ0v) is 12.3. The average Bonchev–Trinajstić information content (AvgIpc) is 2.79. The maximum absolute atomic E-state index is 12.1. The lowest BCUT2D eigenvalue weighted by molar-refractivity contribution is -0.155. The van der Waals surface area contributed by atoms with Crippen LogP contribution in [0.25, 0.3) is 0 Å². The first kappa shape index (κ1) is 16.5. The highest BCUT2D eigenvalue weighted by Crippen LogP contribution is 2.30. The van der Waals surface area contributed by atoms with E-state index < -0.39 is 11.5 Å². The Morgan fingerprint density at radius 3 is 2.60 bits per heavy atom. The van der Waals surface area contributed by atoms with E-state index in [-0.39, 0.29) is 18.2 Å². The number of rotatable bonds is 7. The van der Waals surface area contributed by atoms with Crippen molar-refractivity contribution in [3.05, 3.63) is 0 Å². The zero-order valence-electron chi connectivity index (χ0n) is 12.3. The number of carboxylic acids is 1. The first-order valence-electron chi connectivity index (χ1n) is 7.22. The highest BCUT2D eigenvalue weighted by molar-refractivity contribution is 5.87. The molecule has 0 radical (unpaired) electrons. The zero-order chi connectivity index (χ0) is 15.2. The fourth-order valence-electron chi connectivity index (χ4n) is 2.47. The highest BCUT2D eigenvalue weighted by atomic mass is 16.4. The summed E-state index contributed by atoms with van der Waals surface area (Å²) in [5.41, 5.74) is -1.08. The summed E-state index contributed by atoms with van der Waals surface area (Å²) >= 11 is 0. The van der Waals surface area contributed by atoms with Crippen LogP contribution in [0.15, 0.2) is 0 Å². The van der Waals surface area contributed by atoms with Crippen molar-refractivity contribution in [1.82, 2.24) is 10.2 Å². The van der Waals surface area contributed by atoms with E-state index in [0.29, 0.717) is 38.8 Å². The van der Waals surface area contributed by atoms with E-state index in [0.717, 1.165) is 6.42 Å². The van der Waals surface area contributed by atoms with Gasteiger partial charge in [-0.2, -0.15) is 0 Å². The molecule has 1 aliphatic rings. The molecule has 0 aromatic heterocycles. The monoisotopic (exact) mass is 284 g/mol. The molecule has 1 saturated heterocycles. The minimum Gasteiger partial charge on any atom is -0.480 e. The number of aliphatic carboxylic acids is 1. The van der Waals surface area contributed by atoms with Gasteiger partial charge in [0.05, 0.1) is 0 Å². The number of carbonyl (C=O) groups excluding carboxylic acids is 2. The first-order chi connectivity index (χ1) is 9.41. The van der Waals surface area contributed by atoms with Crippen LogP contribution in [0.5, 0.6) is 0 Å². The molecule has 0 aliphatic carbocycles. The molecule has 0 saturated carbocycles. The lowest BCUT2D eigenvalue weighted by Crippen LogP contribution is -2.50. The molecule has 2 N–H and O–H groups in total. The molecule has 0 aromatic carbocycles. The number of hydrogen-bond donors (Lipinski definition) is 2. The molecule has 6 heteroatoms. The number of nitrogens with zero attached hydrogens (tertiary/aromatic N) is 1. The van der Waals surface area contributed by atoms with E-state index in [1.807, 2.05) is 6.92 Å². The lowest BCUT2D eigenvalue weighted by Gasteiger charge is -2.31. The first-order valence-corrected chi connectivity index (χ1v) is 7.22. The smallest absolute Gasteiger partial charge is 0.329 e. The second kappa shape index (κ2) is 7.26. The number of hydrogen-bond acceptors (Lipinski definition) is 3. The molecule has 6 nitrogen and oxygen atoms in total. The SMILES string of the molecule is CCCNC(=O)CCCC(=O)N1CCCC1(C)C(=O)O. The van der Waals surface area contributed by atoms with Gasteiger partial charge in [0.1, 0.15) is 5.54 Å². The summed E-state index contributed by atoms with van der Waals surface area (Å²) in [7, 11) is 0. The second-order valence-electron chi connectivity index (χ2n) is 5.43. The third-order valence-electron chi connectivity index (χ3n) is 3.77. The van der Waals surface area contributed by atoms with Crippen LogP contribution in [0.1, 0.15) is 52.4 Å². The molecular weight excluding hydrogens is 260 g/mol. The molecule has 1 rings (SSSR count). The molecule has 2 amide bonds. The van der Waals surface area contributed by atoms with Crippen molar-refractivity contribution in [3.8, 4) is 0 Å². The third kappa shape index (κ3) is 3.95. The normalized spacial score (nSPS) is 21.8. The van der Waals surface area contributed by atoms with Gasteiger partial charge in [-0.25, -0.2) is 4.79 Å². The topological polar surface area (TPSA) is 86.7 Å². The van der Waals surface area contributed by atoms with Crippen LogP contribution >= 0.6 is 0 Å². The number of carbonyl (C=O) groups is 3. The van der Waals surface area contributed by atoms with Gasteiger partial charge in [-0.3, -0.25) is 9.59 Å². The van der Waals surface area contributed by atoms with Crippen LogP contribution in [-0.2, 0) is 14.4 Å². The molecule has 1 unspecified atom stereocenters. The van der Waals surface area contributed by atoms with E-state index in [9.17, 15) is 19.5 Å². The van der Waals surface area contributed by atoms with Crippen LogP contribution in [0, 0.1) is 0 Å². The van der Waals surface area contributed by atoms with Crippen molar-refractivity contribution in [2.75, 3.05) is 13.1 Å². The van der Waals surface area contributed by atoms with Crippen molar-refractivity contribution in [2.45, 2.75) is 57.9 Å². The van der Waals surface area contributed by atoms with Gasteiger partial charge in [0.25, 0.3) is 0 Å². The Balaban J connectivity index is 2.39. The van der Waals surface area contributed by atoms with Gasteiger partial charge in [-0.05, 0) is 32.6 Å². The minimum absolute atomic E-state index is 0.0536. The van der Waals surface area contributed by atoms with E-state index in [1.165, 1.54) is 4.90 Å². The summed E-state index contributed by atoms with van der Waals surface area (Å²) in [4.78, 5) is 36.2. The van der Waals surface area contributed by atoms with Gasteiger partial charge >= 0.3 is 5.97 Å². The largest absolute Gasteiger partial charge is 0.480 e. The molecular formula is C14H24N2O4. The van der Waals surface area contributed by atoms with E-state index in [1.54, 1.807) is 6.92 Å². The predicted octanol–water partition coefficient (Wildman–Crippen LogP) is 1.15. The van der Waals surface area contributed by atoms with Crippen LogP contribution in [-0.4, -0.2) is 46.4 Å². The van der Waals surface area contributed by atoms with Crippen molar-refractivity contribution in [3.63, 3.8) is 0 Å². The summed E-state index contributed by atoms with van der Waals surface area (Å²) < 4.78 is 0. The number of amides is 2. The fraction of sp³-hybridized carbons (Fsp3) is 0.786. The number of likely N-dealkylation sites (tertiary alicyclic amines) is 1. The standard InChI is InChI=1S/C14H24N2O4/c1-3-9-15-11(17)6-4-7-12(18)16-10-5-8-14(16,2)13(19)20/h3-10H2,1-2H3,(H,15,17)(H,19,20). The van der Waals surface area contributed by atoms with Crippen molar-refractivity contribution in [2.24, 2.45) is 0 Å². The van der Waals surface area contributed by atoms with Crippen LogP contribution in [0.3, 0.4) is 0 Å². The van der Waals surface area contributed by atoms with Gasteiger partial charge in [-0.1, -0.05) is 6.92 Å². The Labute approximate surface area is 119 Å². The quantitative estimate of drug-likeness (QED) is 0.734. The Morgan fingerprint density at radius 1 is 1.30 bits per heavy atom. The summed E-state index contributed by atoms with van der Waals surface area (Å²) in [6.45, 7) is 4.71. The summed E-state index contributed by atoms with van der Waals surface area (Å²) in [6, 6.07) is 0. The number of nitrogens with one attached hydrogen (secondary N) is 1. The van der Waals surface area contributed by atoms with Gasteiger partial charge in [0.15, 0.2) is 0 Å². The summed E-state index contributed by atoms with van der Waals surface area (Å²) in [5, 5.41) is 12.0. The lowest BCUT2D eigenvalue weighted by atomic mass is 9.99. The van der Waals surface area contributed by atoms with E-state index in [2.05, 4.69) is 5.32 Å². The molecule has 1 aliphatic heterocycles. The molecule has 0 bridgehead atoms. The Hall–Kier alpha value is -1.59. The molecule has 1 fully saturated rings. The third-order valence-corrected chi connectivity index (χ3v) is 3.77. The van der Waals surface area contributed by atoms with E-state index in [4.69, 9.17) is 0 Å². The average molecular weight is 284 g/mol. The van der Waals surface area contributed by atoms with Crippen molar-refractivity contribution in [1.29, 1.82) is 0 Å². The maximum Gasteiger partial charge on any atom is 0.329 e. The molecule has 20 heavy (non-hydrogen) atoms. The fourth-order valence-corrected chi connectivity index (χ4v) is 2.47. The van der Waals surface area contributed by atoms with Gasteiger partial charge in [-0.15, -0.1) is 0 Å². The van der Waals surface area contributed by atoms with Gasteiger partial charge < -0.3 is 15.3 Å². The van der Waals surface area contributed by atoms with Crippen molar-refractivity contribution >= 4 is 17.8 Å². The molecule has 1 heterocycles. The Morgan fingerprint density at radius 2 is 2.00 bits per heavy atom. The number of carboxylic acid groups (broad SMARTS) is 1. The Bertz CT molecular complexity index is 383. The predicted molar refractivity (Wildman–Crippen MR) is 74.1 cm³/mol. The highest BCUT2D eigenvalue weighted by Gasteiger charge is 2.45. The Kier molecular flexibility index (Phi) is 5.98. The molecule has 0 aromatic rings. The molecule has 0 spiro atoms. The van der Waals surface area contributed by atoms with Crippen molar-refractivity contribution < 1.29 is 19.5 Å². The van der Waals surface area contributed by atoms with Crippen LogP contribution < -0.4 is 5.32 Å². The van der Waals surface area contributed by atoms with Crippen LogP contribution in [0.4, 0.5) is 0 Å². The maximum atomic E-state index is 12.1. The molecule has 1 atom stereocenters. The van der Waals surface area contributed by atoms with E-state index >= 15 is 0 Å². The van der Waals surface area contributed by atoms with Crippen LogP contribution in [0.2, 0.25) is 0 Å².